The number of benzene rings is 1. The van der Waals surface area contributed by atoms with Gasteiger partial charge in [-0.15, -0.1) is 12.4 Å². The van der Waals surface area contributed by atoms with Crippen molar-refractivity contribution >= 4 is 18.3 Å². The maximum atomic E-state index is 12.0. The summed E-state index contributed by atoms with van der Waals surface area (Å²) in [5.41, 5.74) is 8.34. The van der Waals surface area contributed by atoms with Crippen molar-refractivity contribution in [2.75, 3.05) is 19.7 Å². The Kier molecular flexibility index (Phi) is 6.99. The van der Waals surface area contributed by atoms with E-state index in [1.165, 1.54) is 11.1 Å². The molecule has 5 heteroatoms. The van der Waals surface area contributed by atoms with Crippen molar-refractivity contribution in [3.63, 3.8) is 0 Å². The van der Waals surface area contributed by atoms with Gasteiger partial charge in [0, 0.05) is 19.1 Å². The highest BCUT2D eigenvalue weighted by molar-refractivity contribution is 5.85. The number of likely N-dealkylation sites (tertiary alicyclic amines) is 1. The monoisotopic (exact) mass is 312 g/mol. The second-order valence-corrected chi connectivity index (χ2v) is 5.59. The van der Waals surface area contributed by atoms with Gasteiger partial charge in [-0.05, 0) is 49.9 Å². The molecule has 1 aliphatic rings. The standard InChI is InChI=1S/C16H24N2O2.ClH/c1-12-5-6-15(10-13(12)2)20-9-7-16(19)18-8-3-4-14(17)11-18;/h5-6,10,14H,3-4,7-9,11,17H2,1-2H3;1H. The van der Waals surface area contributed by atoms with Crippen LogP contribution in [0, 0.1) is 13.8 Å². The third-order valence-corrected chi connectivity index (χ3v) is 3.87. The molecule has 2 N–H and O–H groups in total. The van der Waals surface area contributed by atoms with Crippen molar-refractivity contribution in [3.8, 4) is 5.75 Å². The number of nitrogens with zero attached hydrogens (tertiary/aromatic N) is 1. The highest BCUT2D eigenvalue weighted by Crippen LogP contribution is 2.17. The predicted octanol–water partition coefficient (Wildman–Crippen LogP) is 2.44. The lowest BCUT2D eigenvalue weighted by Gasteiger charge is -2.30. The highest BCUT2D eigenvalue weighted by atomic mass is 35.5. The molecule has 2 rings (SSSR count). The van der Waals surface area contributed by atoms with Crippen LogP contribution in [-0.2, 0) is 4.79 Å². The molecule has 1 fully saturated rings. The molecule has 1 atom stereocenters. The fourth-order valence-electron chi connectivity index (χ4n) is 2.45. The molecule has 0 spiro atoms. The summed E-state index contributed by atoms with van der Waals surface area (Å²) in [6.45, 7) is 6.07. The topological polar surface area (TPSA) is 55.6 Å². The van der Waals surface area contributed by atoms with E-state index in [2.05, 4.69) is 13.8 Å². The maximum Gasteiger partial charge on any atom is 0.226 e. The Morgan fingerprint density at radius 3 is 2.81 bits per heavy atom. The quantitative estimate of drug-likeness (QED) is 0.929. The van der Waals surface area contributed by atoms with E-state index in [1.54, 1.807) is 0 Å². The van der Waals surface area contributed by atoms with Crippen LogP contribution < -0.4 is 10.5 Å². The van der Waals surface area contributed by atoms with Crippen LogP contribution in [0.15, 0.2) is 18.2 Å². The summed E-state index contributed by atoms with van der Waals surface area (Å²) in [7, 11) is 0. The first-order valence-electron chi connectivity index (χ1n) is 7.29. The SMILES string of the molecule is Cc1ccc(OCCC(=O)N2CCCC(N)C2)cc1C.Cl. The van der Waals surface area contributed by atoms with Gasteiger partial charge in [0.2, 0.25) is 5.91 Å². The van der Waals surface area contributed by atoms with E-state index >= 15 is 0 Å². The molecule has 118 valence electrons. The first-order valence-corrected chi connectivity index (χ1v) is 7.29. The number of carbonyl (C=O) groups is 1. The summed E-state index contributed by atoms with van der Waals surface area (Å²) in [5, 5.41) is 0. The van der Waals surface area contributed by atoms with Crippen molar-refractivity contribution in [3.05, 3.63) is 29.3 Å². The third kappa shape index (κ3) is 5.21. The van der Waals surface area contributed by atoms with Crippen LogP contribution in [0.3, 0.4) is 0 Å². The molecule has 0 bridgehead atoms. The minimum absolute atomic E-state index is 0. The van der Waals surface area contributed by atoms with Crippen LogP contribution in [0.2, 0.25) is 0 Å². The molecule has 1 saturated heterocycles. The molecule has 1 aliphatic heterocycles. The lowest BCUT2D eigenvalue weighted by Crippen LogP contribution is -2.46. The fourth-order valence-corrected chi connectivity index (χ4v) is 2.45. The van der Waals surface area contributed by atoms with E-state index in [4.69, 9.17) is 10.5 Å². The van der Waals surface area contributed by atoms with Crippen LogP contribution in [0.4, 0.5) is 0 Å². The van der Waals surface area contributed by atoms with Gasteiger partial charge in [0.15, 0.2) is 0 Å². The lowest BCUT2D eigenvalue weighted by atomic mass is 10.1. The van der Waals surface area contributed by atoms with Gasteiger partial charge >= 0.3 is 0 Å². The number of piperidine rings is 1. The summed E-state index contributed by atoms with van der Waals surface area (Å²) < 4.78 is 5.65. The number of carbonyl (C=O) groups excluding carboxylic acids is 1. The van der Waals surface area contributed by atoms with E-state index in [0.717, 1.165) is 25.1 Å². The Bertz CT molecular complexity index is 479. The molecule has 1 aromatic carbocycles. The Labute approximate surface area is 133 Å². The number of hydrogen-bond acceptors (Lipinski definition) is 3. The number of amides is 1. The second kappa shape index (κ2) is 8.25. The van der Waals surface area contributed by atoms with Crippen LogP contribution in [0.5, 0.6) is 5.75 Å². The molecule has 0 radical (unpaired) electrons. The Balaban J connectivity index is 0.00000220. The van der Waals surface area contributed by atoms with E-state index in [0.29, 0.717) is 19.6 Å². The summed E-state index contributed by atoms with van der Waals surface area (Å²) in [5.74, 6) is 0.972. The number of rotatable bonds is 4. The fraction of sp³-hybridized carbons (Fsp3) is 0.562. The van der Waals surface area contributed by atoms with E-state index in [9.17, 15) is 4.79 Å². The van der Waals surface area contributed by atoms with Crippen molar-refractivity contribution in [1.29, 1.82) is 0 Å². The second-order valence-electron chi connectivity index (χ2n) is 5.59. The molecule has 0 aliphatic carbocycles. The van der Waals surface area contributed by atoms with Crippen molar-refractivity contribution in [1.82, 2.24) is 4.90 Å². The Morgan fingerprint density at radius 1 is 1.38 bits per heavy atom. The van der Waals surface area contributed by atoms with Crippen LogP contribution in [-0.4, -0.2) is 36.5 Å². The van der Waals surface area contributed by atoms with E-state index in [-0.39, 0.29) is 24.4 Å². The van der Waals surface area contributed by atoms with Gasteiger partial charge in [0.25, 0.3) is 0 Å². The zero-order chi connectivity index (χ0) is 14.5. The first-order chi connectivity index (χ1) is 9.56. The average Bonchev–Trinajstić information content (AvgIpc) is 2.42. The van der Waals surface area contributed by atoms with Crippen molar-refractivity contribution in [2.45, 2.75) is 39.2 Å². The van der Waals surface area contributed by atoms with Gasteiger partial charge in [-0.25, -0.2) is 0 Å². The van der Waals surface area contributed by atoms with Crippen LogP contribution in [0.25, 0.3) is 0 Å². The van der Waals surface area contributed by atoms with Crippen LogP contribution in [0.1, 0.15) is 30.4 Å². The number of hydrogen-bond donors (Lipinski definition) is 1. The van der Waals surface area contributed by atoms with Gasteiger partial charge in [-0.1, -0.05) is 6.07 Å². The molecule has 21 heavy (non-hydrogen) atoms. The van der Waals surface area contributed by atoms with Gasteiger partial charge in [0.05, 0.1) is 13.0 Å². The minimum atomic E-state index is 0. The molecular formula is C16H25ClN2O2. The van der Waals surface area contributed by atoms with Gasteiger partial charge < -0.3 is 15.4 Å². The smallest absolute Gasteiger partial charge is 0.226 e. The molecule has 1 aromatic rings. The van der Waals surface area contributed by atoms with Crippen LogP contribution >= 0.6 is 12.4 Å². The van der Waals surface area contributed by atoms with Crippen molar-refractivity contribution in [2.24, 2.45) is 5.73 Å². The van der Waals surface area contributed by atoms with Gasteiger partial charge in [0.1, 0.15) is 5.75 Å². The van der Waals surface area contributed by atoms with E-state index in [1.807, 2.05) is 23.1 Å². The third-order valence-electron chi connectivity index (χ3n) is 3.87. The zero-order valence-electron chi connectivity index (χ0n) is 12.8. The Hall–Kier alpha value is -1.26. The number of halogens is 1. The number of nitrogens with two attached hydrogens (primary N) is 1. The molecule has 4 nitrogen and oxygen atoms in total. The number of aryl methyl sites for hydroxylation is 2. The normalized spacial score (nSPS) is 18.0. The average molecular weight is 313 g/mol. The van der Waals surface area contributed by atoms with Crippen molar-refractivity contribution < 1.29 is 9.53 Å². The molecule has 0 saturated carbocycles. The minimum Gasteiger partial charge on any atom is -0.493 e. The molecular weight excluding hydrogens is 288 g/mol. The summed E-state index contributed by atoms with van der Waals surface area (Å²) in [6.07, 6.45) is 2.44. The molecule has 1 heterocycles. The Morgan fingerprint density at radius 2 is 2.14 bits per heavy atom. The summed E-state index contributed by atoms with van der Waals surface area (Å²) in [6, 6.07) is 6.13. The molecule has 1 amide bonds. The lowest BCUT2D eigenvalue weighted by molar-refractivity contribution is -0.132. The number of ether oxygens (including phenoxy) is 1. The summed E-state index contributed by atoms with van der Waals surface area (Å²) in [4.78, 5) is 13.9. The predicted molar refractivity (Wildman–Crippen MR) is 87.1 cm³/mol. The maximum absolute atomic E-state index is 12.0. The first kappa shape index (κ1) is 17.8. The zero-order valence-corrected chi connectivity index (χ0v) is 13.6. The summed E-state index contributed by atoms with van der Waals surface area (Å²) >= 11 is 0. The van der Waals surface area contributed by atoms with E-state index < -0.39 is 0 Å². The highest BCUT2D eigenvalue weighted by Gasteiger charge is 2.20. The van der Waals surface area contributed by atoms with Gasteiger partial charge in [-0.2, -0.15) is 0 Å². The molecule has 0 aromatic heterocycles. The van der Waals surface area contributed by atoms with Gasteiger partial charge in [-0.3, -0.25) is 4.79 Å². The largest absolute Gasteiger partial charge is 0.493 e. The molecule has 1 unspecified atom stereocenters.